The van der Waals surface area contributed by atoms with Crippen LogP contribution in [0.5, 0.6) is 0 Å². The molecule has 1 aliphatic carbocycles. The van der Waals surface area contributed by atoms with Gasteiger partial charge in [0.15, 0.2) is 5.65 Å². The molecule has 0 spiro atoms. The number of aromatic nitrogens is 3. The third kappa shape index (κ3) is 4.39. The molecule has 0 saturated heterocycles. The van der Waals surface area contributed by atoms with Gasteiger partial charge in [-0.3, -0.25) is 4.79 Å². The monoisotopic (exact) mass is 588 g/mol. The Morgan fingerprint density at radius 1 is 0.868 bits per heavy atom. The highest BCUT2D eigenvalue weighted by Gasteiger charge is 2.35. The zero-order valence-corrected chi connectivity index (χ0v) is 22.9. The number of halogens is 1. The van der Waals surface area contributed by atoms with Crippen LogP contribution < -0.4 is 5.32 Å². The number of amides is 1. The van der Waals surface area contributed by atoms with E-state index in [4.69, 9.17) is 9.97 Å². The van der Waals surface area contributed by atoms with Crippen LogP contribution in [0.1, 0.15) is 48.5 Å². The van der Waals surface area contributed by atoms with Crippen LogP contribution in [0.15, 0.2) is 93.1 Å². The Hall–Kier alpha value is -3.56. The zero-order valence-electron chi connectivity index (χ0n) is 20.5. The first kappa shape index (κ1) is 24.8. The standard InChI is InChI=1S/C29H25BrN4O3S/c30-20-11-9-10-19(18-20)29(35)33-28-26(38(36,37)22-14-5-2-6-15-22)25-27(34(28)21-12-3-1-4-13-21)32-24-17-8-7-16-23(24)31-25/h2,5-11,14-18,21H,1,3-4,12-13H2,(H,33,35). The normalized spacial score (nSPS) is 14.7. The fraction of sp³-hybridized carbons (Fsp3) is 0.207. The molecule has 1 saturated carbocycles. The van der Waals surface area contributed by atoms with Gasteiger partial charge in [-0.15, -0.1) is 0 Å². The summed E-state index contributed by atoms with van der Waals surface area (Å²) in [5, 5.41) is 2.98. The van der Waals surface area contributed by atoms with Crippen LogP contribution in [0.4, 0.5) is 5.82 Å². The minimum atomic E-state index is -4.07. The van der Waals surface area contributed by atoms with E-state index in [0.29, 0.717) is 22.2 Å². The quantitative estimate of drug-likeness (QED) is 0.240. The van der Waals surface area contributed by atoms with Crippen molar-refractivity contribution >= 4 is 59.7 Å². The summed E-state index contributed by atoms with van der Waals surface area (Å²) in [6.45, 7) is 0. The molecule has 1 N–H and O–H groups in total. The van der Waals surface area contributed by atoms with Crippen LogP contribution in [-0.4, -0.2) is 28.9 Å². The van der Waals surface area contributed by atoms with Crippen molar-refractivity contribution in [2.75, 3.05) is 5.32 Å². The summed E-state index contributed by atoms with van der Waals surface area (Å²) >= 11 is 3.42. The van der Waals surface area contributed by atoms with Crippen LogP contribution >= 0.6 is 15.9 Å². The average molecular weight is 590 g/mol. The molecule has 2 heterocycles. The maximum atomic E-state index is 14.2. The molecule has 6 rings (SSSR count). The molecule has 1 aliphatic rings. The number of sulfone groups is 1. The van der Waals surface area contributed by atoms with E-state index < -0.39 is 15.7 Å². The fourth-order valence-corrected chi connectivity index (χ4v) is 7.18. The summed E-state index contributed by atoms with van der Waals surface area (Å²) in [5.41, 5.74) is 2.41. The molecule has 1 fully saturated rings. The maximum Gasteiger partial charge on any atom is 0.256 e. The first-order valence-electron chi connectivity index (χ1n) is 12.6. The fourth-order valence-electron chi connectivity index (χ4n) is 5.23. The van der Waals surface area contributed by atoms with Gasteiger partial charge in [0.25, 0.3) is 5.91 Å². The summed E-state index contributed by atoms with van der Waals surface area (Å²) in [5.74, 6) is -0.184. The number of nitrogens with zero attached hydrogens (tertiary/aromatic N) is 3. The van der Waals surface area contributed by atoms with Gasteiger partial charge in [-0.1, -0.05) is 71.6 Å². The van der Waals surface area contributed by atoms with Crippen molar-refractivity contribution in [1.82, 2.24) is 14.5 Å². The molecule has 9 heteroatoms. The van der Waals surface area contributed by atoms with Crippen molar-refractivity contribution in [3.8, 4) is 0 Å². The number of hydrogen-bond donors (Lipinski definition) is 1. The van der Waals surface area contributed by atoms with Gasteiger partial charge in [0.2, 0.25) is 9.84 Å². The second-order valence-electron chi connectivity index (χ2n) is 9.51. The zero-order chi connectivity index (χ0) is 26.3. The number of hydrogen-bond acceptors (Lipinski definition) is 5. The minimum absolute atomic E-state index is 0.0146. The average Bonchev–Trinajstić information content (AvgIpc) is 3.25. The molecule has 0 radical (unpaired) electrons. The summed E-state index contributed by atoms with van der Waals surface area (Å²) in [6.07, 6.45) is 4.89. The number of rotatable bonds is 5. The third-order valence-corrected chi connectivity index (χ3v) is 9.34. The molecule has 0 unspecified atom stereocenters. The van der Waals surface area contributed by atoms with Crippen molar-refractivity contribution in [1.29, 1.82) is 0 Å². The molecule has 5 aromatic rings. The highest BCUT2D eigenvalue weighted by Crippen LogP contribution is 2.42. The van der Waals surface area contributed by atoms with E-state index in [9.17, 15) is 13.2 Å². The first-order valence-corrected chi connectivity index (χ1v) is 14.9. The number of carbonyl (C=O) groups is 1. The summed E-state index contributed by atoms with van der Waals surface area (Å²) in [4.78, 5) is 23.4. The van der Waals surface area contributed by atoms with Crippen molar-refractivity contribution in [3.05, 3.63) is 88.9 Å². The number of carbonyl (C=O) groups excluding carboxylic acids is 1. The predicted molar refractivity (Wildman–Crippen MR) is 151 cm³/mol. The highest BCUT2D eigenvalue weighted by molar-refractivity contribution is 9.10. The summed E-state index contributed by atoms with van der Waals surface area (Å²) in [6, 6.07) is 22.7. The summed E-state index contributed by atoms with van der Waals surface area (Å²) < 4.78 is 31.1. The Bertz CT molecular complexity index is 1780. The maximum absolute atomic E-state index is 14.2. The van der Waals surface area contributed by atoms with E-state index in [1.54, 1.807) is 48.5 Å². The molecular formula is C29H25BrN4O3S. The van der Waals surface area contributed by atoms with Crippen LogP contribution in [-0.2, 0) is 9.84 Å². The summed E-state index contributed by atoms with van der Waals surface area (Å²) in [7, 11) is -4.07. The van der Waals surface area contributed by atoms with Crippen LogP contribution in [0.3, 0.4) is 0 Å². The molecule has 2 aromatic heterocycles. The van der Waals surface area contributed by atoms with E-state index >= 15 is 0 Å². The molecular weight excluding hydrogens is 564 g/mol. The van der Waals surface area contributed by atoms with Gasteiger partial charge in [0.1, 0.15) is 16.2 Å². The van der Waals surface area contributed by atoms with E-state index in [-0.39, 0.29) is 27.2 Å². The van der Waals surface area contributed by atoms with Crippen LogP contribution in [0.2, 0.25) is 0 Å². The topological polar surface area (TPSA) is 93.9 Å². The molecule has 3 aromatic carbocycles. The van der Waals surface area contributed by atoms with Crippen molar-refractivity contribution in [2.45, 2.75) is 47.9 Å². The largest absolute Gasteiger partial charge is 0.307 e. The van der Waals surface area contributed by atoms with Gasteiger partial charge in [-0.25, -0.2) is 18.4 Å². The van der Waals surface area contributed by atoms with Crippen molar-refractivity contribution in [2.24, 2.45) is 0 Å². The van der Waals surface area contributed by atoms with Gasteiger partial charge in [-0.05, 0) is 55.3 Å². The number of fused-ring (bicyclic) bond motifs is 2. The lowest BCUT2D eigenvalue weighted by molar-refractivity contribution is 0.102. The number of para-hydroxylation sites is 2. The number of benzene rings is 3. The van der Waals surface area contributed by atoms with Crippen molar-refractivity contribution < 1.29 is 13.2 Å². The molecule has 1 amide bonds. The molecule has 0 aliphatic heterocycles. The lowest BCUT2D eigenvalue weighted by atomic mass is 9.95. The van der Waals surface area contributed by atoms with E-state index in [1.807, 2.05) is 34.9 Å². The minimum Gasteiger partial charge on any atom is -0.307 e. The number of anilines is 1. The van der Waals surface area contributed by atoms with E-state index in [0.717, 1.165) is 36.6 Å². The lowest BCUT2D eigenvalue weighted by Gasteiger charge is -2.26. The Kier molecular flexibility index (Phi) is 6.49. The van der Waals surface area contributed by atoms with Gasteiger partial charge < -0.3 is 9.88 Å². The molecule has 0 bridgehead atoms. The smallest absolute Gasteiger partial charge is 0.256 e. The van der Waals surface area contributed by atoms with Gasteiger partial charge in [-0.2, -0.15) is 0 Å². The van der Waals surface area contributed by atoms with Crippen molar-refractivity contribution in [3.63, 3.8) is 0 Å². The first-order chi connectivity index (χ1) is 18.4. The lowest BCUT2D eigenvalue weighted by Crippen LogP contribution is -2.21. The second kappa shape index (κ2) is 9.96. The van der Waals surface area contributed by atoms with Crippen LogP contribution in [0.25, 0.3) is 22.2 Å². The Labute approximate surface area is 229 Å². The Balaban J connectivity index is 1.67. The van der Waals surface area contributed by atoms with Gasteiger partial charge >= 0.3 is 0 Å². The molecule has 7 nitrogen and oxygen atoms in total. The second-order valence-corrected chi connectivity index (χ2v) is 12.3. The Morgan fingerprint density at radius 3 is 2.26 bits per heavy atom. The predicted octanol–water partition coefficient (Wildman–Crippen LogP) is 6.94. The number of nitrogens with one attached hydrogen (secondary N) is 1. The van der Waals surface area contributed by atoms with Gasteiger partial charge in [0, 0.05) is 16.1 Å². The van der Waals surface area contributed by atoms with Gasteiger partial charge in [0.05, 0.1) is 15.9 Å². The highest BCUT2D eigenvalue weighted by atomic mass is 79.9. The molecule has 192 valence electrons. The SMILES string of the molecule is O=C(Nc1c(S(=O)(=O)c2ccccc2)c2nc3ccccc3nc2n1C1CCCCC1)c1cccc(Br)c1. The van der Waals surface area contributed by atoms with E-state index in [1.165, 1.54) is 0 Å². The van der Waals surface area contributed by atoms with Crippen LogP contribution in [0, 0.1) is 0 Å². The third-order valence-electron chi connectivity index (χ3n) is 7.03. The molecule has 0 atom stereocenters. The molecule has 38 heavy (non-hydrogen) atoms. The van der Waals surface area contributed by atoms with E-state index in [2.05, 4.69) is 21.2 Å². The Morgan fingerprint density at radius 2 is 1.55 bits per heavy atom.